The number of benzene rings is 1. The number of nitrogens with one attached hydrogen (secondary N) is 1. The van der Waals surface area contributed by atoms with E-state index in [1.165, 1.54) is 31.4 Å². The Hall–Kier alpha value is -1.00. The zero-order valence-electron chi connectivity index (χ0n) is 12.0. The lowest BCUT2D eigenvalue weighted by molar-refractivity contribution is 0.207. The SMILES string of the molecule is CCC1CCCC(C(Cc2ccc(F)cc2F)NN)C1. The molecule has 0 radical (unpaired) electrons. The first-order valence-electron chi connectivity index (χ1n) is 7.54. The van der Waals surface area contributed by atoms with Crippen molar-refractivity contribution in [3.63, 3.8) is 0 Å². The molecule has 112 valence electrons. The van der Waals surface area contributed by atoms with Crippen LogP contribution in [-0.2, 0) is 6.42 Å². The van der Waals surface area contributed by atoms with Gasteiger partial charge in [0.05, 0.1) is 0 Å². The van der Waals surface area contributed by atoms with Crippen molar-refractivity contribution in [3.8, 4) is 0 Å². The molecule has 2 nitrogen and oxygen atoms in total. The van der Waals surface area contributed by atoms with E-state index in [0.29, 0.717) is 17.9 Å². The number of rotatable bonds is 5. The van der Waals surface area contributed by atoms with Crippen LogP contribution in [0.3, 0.4) is 0 Å². The molecule has 1 aliphatic rings. The Balaban J connectivity index is 2.04. The van der Waals surface area contributed by atoms with Gasteiger partial charge in [0, 0.05) is 12.1 Å². The standard InChI is InChI=1S/C16H24F2N2/c1-2-11-4-3-5-13(8-11)16(20-19)9-12-6-7-14(17)10-15(12)18/h6-7,10-11,13,16,20H,2-5,8-9,19H2,1H3. The highest BCUT2D eigenvalue weighted by Crippen LogP contribution is 2.33. The lowest BCUT2D eigenvalue weighted by Crippen LogP contribution is -2.44. The van der Waals surface area contributed by atoms with Gasteiger partial charge in [-0.2, -0.15) is 0 Å². The molecule has 20 heavy (non-hydrogen) atoms. The first-order chi connectivity index (χ1) is 9.63. The number of hydrogen-bond donors (Lipinski definition) is 2. The molecule has 0 amide bonds. The second-order valence-electron chi connectivity index (χ2n) is 5.91. The molecule has 1 aromatic carbocycles. The van der Waals surface area contributed by atoms with E-state index in [-0.39, 0.29) is 6.04 Å². The van der Waals surface area contributed by atoms with Crippen molar-refractivity contribution in [1.29, 1.82) is 0 Å². The van der Waals surface area contributed by atoms with Gasteiger partial charge in [0.1, 0.15) is 11.6 Å². The average Bonchev–Trinajstić information content (AvgIpc) is 2.46. The van der Waals surface area contributed by atoms with Crippen LogP contribution in [0.4, 0.5) is 8.78 Å². The first kappa shape index (κ1) is 15.4. The van der Waals surface area contributed by atoms with E-state index in [1.54, 1.807) is 0 Å². The predicted molar refractivity (Wildman–Crippen MR) is 76.9 cm³/mol. The molecular weight excluding hydrogens is 258 g/mol. The quantitative estimate of drug-likeness (QED) is 0.640. The van der Waals surface area contributed by atoms with Gasteiger partial charge in [-0.3, -0.25) is 11.3 Å². The van der Waals surface area contributed by atoms with Gasteiger partial charge >= 0.3 is 0 Å². The molecule has 1 saturated carbocycles. The summed E-state index contributed by atoms with van der Waals surface area (Å²) in [6, 6.07) is 3.83. The van der Waals surface area contributed by atoms with Gasteiger partial charge in [-0.1, -0.05) is 32.3 Å². The normalized spacial score (nSPS) is 24.6. The fraction of sp³-hybridized carbons (Fsp3) is 0.625. The molecule has 0 aromatic heterocycles. The minimum Gasteiger partial charge on any atom is -0.271 e. The van der Waals surface area contributed by atoms with E-state index in [9.17, 15) is 8.78 Å². The molecule has 0 bridgehead atoms. The summed E-state index contributed by atoms with van der Waals surface area (Å²) < 4.78 is 26.7. The zero-order valence-corrected chi connectivity index (χ0v) is 12.0. The second-order valence-corrected chi connectivity index (χ2v) is 5.91. The third-order valence-corrected chi connectivity index (χ3v) is 4.64. The molecule has 3 atom stereocenters. The topological polar surface area (TPSA) is 38.0 Å². The minimum absolute atomic E-state index is 0.0595. The van der Waals surface area contributed by atoms with E-state index in [2.05, 4.69) is 12.3 Å². The molecule has 1 fully saturated rings. The van der Waals surface area contributed by atoms with Gasteiger partial charge in [-0.15, -0.1) is 0 Å². The van der Waals surface area contributed by atoms with Crippen LogP contribution >= 0.6 is 0 Å². The Bertz CT molecular complexity index is 436. The van der Waals surface area contributed by atoms with Crippen LogP contribution in [0.1, 0.15) is 44.6 Å². The number of nitrogens with two attached hydrogens (primary N) is 1. The lowest BCUT2D eigenvalue weighted by atomic mass is 9.75. The summed E-state index contributed by atoms with van der Waals surface area (Å²) in [5, 5.41) is 0. The zero-order chi connectivity index (χ0) is 14.5. The summed E-state index contributed by atoms with van der Waals surface area (Å²) in [4.78, 5) is 0. The average molecular weight is 282 g/mol. The highest BCUT2D eigenvalue weighted by Gasteiger charge is 2.27. The van der Waals surface area contributed by atoms with Crippen LogP contribution in [0.5, 0.6) is 0 Å². The maximum Gasteiger partial charge on any atom is 0.129 e. The van der Waals surface area contributed by atoms with E-state index in [4.69, 9.17) is 5.84 Å². The molecule has 0 spiro atoms. The highest BCUT2D eigenvalue weighted by molar-refractivity contribution is 5.19. The summed E-state index contributed by atoms with van der Waals surface area (Å²) in [6.07, 6.45) is 6.49. The monoisotopic (exact) mass is 282 g/mol. The van der Waals surface area contributed by atoms with Gasteiger partial charge in [0.2, 0.25) is 0 Å². The van der Waals surface area contributed by atoms with E-state index in [0.717, 1.165) is 24.8 Å². The Morgan fingerprint density at radius 3 is 2.80 bits per heavy atom. The summed E-state index contributed by atoms with van der Waals surface area (Å²) in [5.74, 6) is 5.89. The molecule has 3 N–H and O–H groups in total. The smallest absolute Gasteiger partial charge is 0.129 e. The van der Waals surface area contributed by atoms with Gasteiger partial charge < -0.3 is 0 Å². The van der Waals surface area contributed by atoms with Crippen molar-refractivity contribution in [1.82, 2.24) is 5.43 Å². The van der Waals surface area contributed by atoms with E-state index >= 15 is 0 Å². The van der Waals surface area contributed by atoms with E-state index < -0.39 is 11.6 Å². The van der Waals surface area contributed by atoms with Crippen molar-refractivity contribution in [2.45, 2.75) is 51.5 Å². The van der Waals surface area contributed by atoms with Crippen molar-refractivity contribution >= 4 is 0 Å². The van der Waals surface area contributed by atoms with Crippen LogP contribution in [0, 0.1) is 23.5 Å². The maximum atomic E-state index is 13.7. The summed E-state index contributed by atoms with van der Waals surface area (Å²) >= 11 is 0. The first-order valence-corrected chi connectivity index (χ1v) is 7.54. The summed E-state index contributed by atoms with van der Waals surface area (Å²) in [5.41, 5.74) is 3.38. The second kappa shape index (κ2) is 7.14. The van der Waals surface area contributed by atoms with Crippen LogP contribution in [-0.4, -0.2) is 6.04 Å². The predicted octanol–water partition coefficient (Wildman–Crippen LogP) is 3.56. The number of halogens is 2. The van der Waals surface area contributed by atoms with Gasteiger partial charge in [-0.05, 0) is 42.7 Å². The van der Waals surface area contributed by atoms with E-state index in [1.807, 2.05) is 0 Å². The number of hydrogen-bond acceptors (Lipinski definition) is 2. The molecule has 4 heteroatoms. The Morgan fingerprint density at radius 1 is 1.35 bits per heavy atom. The molecule has 0 heterocycles. The highest BCUT2D eigenvalue weighted by atomic mass is 19.1. The fourth-order valence-corrected chi connectivity index (χ4v) is 3.35. The minimum atomic E-state index is -0.535. The molecular formula is C16H24F2N2. The van der Waals surface area contributed by atoms with Crippen molar-refractivity contribution in [2.24, 2.45) is 17.7 Å². The van der Waals surface area contributed by atoms with Gasteiger partial charge in [0.25, 0.3) is 0 Å². The Labute approximate surface area is 119 Å². The lowest BCUT2D eigenvalue weighted by Gasteiger charge is -2.34. The van der Waals surface area contributed by atoms with Crippen LogP contribution in [0.25, 0.3) is 0 Å². The van der Waals surface area contributed by atoms with Gasteiger partial charge in [0.15, 0.2) is 0 Å². The van der Waals surface area contributed by atoms with Crippen LogP contribution < -0.4 is 11.3 Å². The molecule has 1 aromatic rings. The fourth-order valence-electron chi connectivity index (χ4n) is 3.35. The third-order valence-electron chi connectivity index (χ3n) is 4.64. The van der Waals surface area contributed by atoms with Crippen LogP contribution in [0.2, 0.25) is 0 Å². The van der Waals surface area contributed by atoms with Crippen LogP contribution in [0.15, 0.2) is 18.2 Å². The maximum absolute atomic E-state index is 13.7. The third kappa shape index (κ3) is 3.76. The van der Waals surface area contributed by atoms with Crippen molar-refractivity contribution < 1.29 is 8.78 Å². The van der Waals surface area contributed by atoms with Crippen molar-refractivity contribution in [3.05, 3.63) is 35.4 Å². The molecule has 1 aliphatic carbocycles. The Kier molecular flexibility index (Phi) is 5.49. The molecule has 0 aliphatic heterocycles. The molecule has 0 saturated heterocycles. The van der Waals surface area contributed by atoms with Gasteiger partial charge in [-0.25, -0.2) is 8.78 Å². The molecule has 3 unspecified atom stereocenters. The number of hydrazine groups is 1. The summed E-state index contributed by atoms with van der Waals surface area (Å²) in [7, 11) is 0. The largest absolute Gasteiger partial charge is 0.271 e. The van der Waals surface area contributed by atoms with Crippen molar-refractivity contribution in [2.75, 3.05) is 0 Å². The summed E-state index contributed by atoms with van der Waals surface area (Å²) in [6.45, 7) is 2.22. The molecule has 2 rings (SSSR count). The Morgan fingerprint density at radius 2 is 2.15 bits per heavy atom.